The van der Waals surface area contributed by atoms with Crippen molar-refractivity contribution in [3.8, 4) is 5.75 Å². The first kappa shape index (κ1) is 24.0. The van der Waals surface area contributed by atoms with Gasteiger partial charge in [0.15, 0.2) is 0 Å². The summed E-state index contributed by atoms with van der Waals surface area (Å²) < 4.78 is 11.4. The molecule has 0 fully saturated rings. The van der Waals surface area contributed by atoms with E-state index in [2.05, 4.69) is 6.92 Å². The standard InChI is InChI=1S/C27H38O3/c1-3-4-5-6-7-8-9-10-14-17-27(28)30-23(2)25-18-20-26(21-19-25)29-22-24-15-12-11-13-16-24/h11-13,15-16,18-21,23H,3-10,14,17,22H2,1-2H3. The van der Waals surface area contributed by atoms with Gasteiger partial charge in [-0.05, 0) is 36.6 Å². The van der Waals surface area contributed by atoms with Gasteiger partial charge in [-0.2, -0.15) is 0 Å². The van der Waals surface area contributed by atoms with E-state index in [1.54, 1.807) is 0 Å². The second-order valence-electron chi connectivity index (χ2n) is 8.05. The fourth-order valence-corrected chi connectivity index (χ4v) is 3.48. The van der Waals surface area contributed by atoms with Gasteiger partial charge in [0.25, 0.3) is 0 Å². The van der Waals surface area contributed by atoms with Gasteiger partial charge >= 0.3 is 5.97 Å². The summed E-state index contributed by atoms with van der Waals surface area (Å²) in [6.45, 7) is 4.72. The zero-order valence-electron chi connectivity index (χ0n) is 18.8. The predicted molar refractivity (Wildman–Crippen MR) is 124 cm³/mol. The van der Waals surface area contributed by atoms with Crippen molar-refractivity contribution in [2.45, 2.75) is 90.8 Å². The van der Waals surface area contributed by atoms with E-state index in [4.69, 9.17) is 9.47 Å². The zero-order valence-corrected chi connectivity index (χ0v) is 18.8. The first-order valence-corrected chi connectivity index (χ1v) is 11.6. The normalized spacial score (nSPS) is 11.8. The Bertz CT molecular complexity index is 694. The van der Waals surface area contributed by atoms with E-state index in [0.29, 0.717) is 13.0 Å². The first-order valence-electron chi connectivity index (χ1n) is 11.6. The average Bonchev–Trinajstić information content (AvgIpc) is 2.77. The van der Waals surface area contributed by atoms with E-state index in [1.807, 2.05) is 61.5 Å². The van der Waals surface area contributed by atoms with E-state index >= 15 is 0 Å². The summed E-state index contributed by atoms with van der Waals surface area (Å²) in [7, 11) is 0. The molecule has 1 unspecified atom stereocenters. The summed E-state index contributed by atoms with van der Waals surface area (Å²) in [6, 6.07) is 17.9. The van der Waals surface area contributed by atoms with Gasteiger partial charge < -0.3 is 9.47 Å². The lowest BCUT2D eigenvalue weighted by molar-refractivity contribution is -0.148. The molecule has 0 N–H and O–H groups in total. The summed E-state index contributed by atoms with van der Waals surface area (Å²) in [5, 5.41) is 0. The molecule has 0 bridgehead atoms. The Kier molecular flexibility index (Phi) is 11.7. The number of carbonyl (C=O) groups excluding carboxylic acids is 1. The number of hydrogen-bond donors (Lipinski definition) is 0. The third-order valence-electron chi connectivity index (χ3n) is 5.39. The minimum atomic E-state index is -0.237. The Morgan fingerprint density at radius 2 is 1.40 bits per heavy atom. The van der Waals surface area contributed by atoms with Crippen molar-refractivity contribution in [3.63, 3.8) is 0 Å². The molecule has 0 radical (unpaired) electrons. The molecule has 2 aromatic rings. The quantitative estimate of drug-likeness (QED) is 0.222. The molecule has 3 heteroatoms. The van der Waals surface area contributed by atoms with Gasteiger partial charge in [-0.1, -0.05) is 101 Å². The number of hydrogen-bond acceptors (Lipinski definition) is 3. The Labute approximate surface area is 182 Å². The topological polar surface area (TPSA) is 35.5 Å². The summed E-state index contributed by atoms with van der Waals surface area (Å²) in [4.78, 5) is 12.1. The molecule has 0 saturated carbocycles. The van der Waals surface area contributed by atoms with Gasteiger partial charge in [0.05, 0.1) is 0 Å². The third-order valence-corrected chi connectivity index (χ3v) is 5.39. The van der Waals surface area contributed by atoms with Crippen molar-refractivity contribution in [1.29, 1.82) is 0 Å². The fourth-order valence-electron chi connectivity index (χ4n) is 3.48. The van der Waals surface area contributed by atoms with Gasteiger partial charge in [-0.25, -0.2) is 0 Å². The molecule has 0 aliphatic rings. The van der Waals surface area contributed by atoms with Crippen molar-refractivity contribution in [2.24, 2.45) is 0 Å². The van der Waals surface area contributed by atoms with Crippen LogP contribution in [0.5, 0.6) is 5.75 Å². The second kappa shape index (κ2) is 14.7. The number of ether oxygens (including phenoxy) is 2. The molecule has 0 aliphatic carbocycles. The second-order valence-corrected chi connectivity index (χ2v) is 8.05. The molecular weight excluding hydrogens is 372 g/mol. The van der Waals surface area contributed by atoms with Crippen molar-refractivity contribution < 1.29 is 14.3 Å². The highest BCUT2D eigenvalue weighted by molar-refractivity contribution is 5.69. The lowest BCUT2D eigenvalue weighted by Crippen LogP contribution is -2.08. The van der Waals surface area contributed by atoms with E-state index in [0.717, 1.165) is 29.7 Å². The highest BCUT2D eigenvalue weighted by Gasteiger charge is 2.11. The summed E-state index contributed by atoms with van der Waals surface area (Å²) >= 11 is 0. The summed E-state index contributed by atoms with van der Waals surface area (Å²) in [6.07, 6.45) is 11.5. The number of rotatable bonds is 15. The highest BCUT2D eigenvalue weighted by atomic mass is 16.5. The molecule has 2 rings (SSSR count). The van der Waals surface area contributed by atoms with Gasteiger partial charge in [0.1, 0.15) is 18.5 Å². The van der Waals surface area contributed by atoms with Crippen LogP contribution in [0, 0.1) is 0 Å². The van der Waals surface area contributed by atoms with Crippen LogP contribution in [0.25, 0.3) is 0 Å². The third kappa shape index (κ3) is 9.96. The minimum Gasteiger partial charge on any atom is -0.489 e. The van der Waals surface area contributed by atoms with Crippen LogP contribution in [-0.4, -0.2) is 5.97 Å². The van der Waals surface area contributed by atoms with Crippen LogP contribution in [0.3, 0.4) is 0 Å². The maximum atomic E-state index is 12.1. The van der Waals surface area contributed by atoms with Crippen LogP contribution in [0.4, 0.5) is 0 Å². The number of benzene rings is 2. The zero-order chi connectivity index (χ0) is 21.4. The van der Waals surface area contributed by atoms with Gasteiger partial charge in [-0.3, -0.25) is 4.79 Å². The maximum Gasteiger partial charge on any atom is 0.306 e. The van der Waals surface area contributed by atoms with Crippen LogP contribution in [0.15, 0.2) is 54.6 Å². The molecule has 30 heavy (non-hydrogen) atoms. The van der Waals surface area contributed by atoms with Gasteiger partial charge in [-0.15, -0.1) is 0 Å². The lowest BCUT2D eigenvalue weighted by Gasteiger charge is -2.14. The Morgan fingerprint density at radius 3 is 2.03 bits per heavy atom. The summed E-state index contributed by atoms with van der Waals surface area (Å²) in [5.41, 5.74) is 2.13. The summed E-state index contributed by atoms with van der Waals surface area (Å²) in [5.74, 6) is 0.714. The molecule has 164 valence electrons. The first-order chi connectivity index (χ1) is 14.7. The Balaban J connectivity index is 1.59. The number of carbonyl (C=O) groups is 1. The molecule has 2 aromatic carbocycles. The molecular formula is C27H38O3. The average molecular weight is 411 g/mol. The maximum absolute atomic E-state index is 12.1. The molecule has 1 atom stereocenters. The predicted octanol–water partition coefficient (Wildman–Crippen LogP) is 7.79. The smallest absolute Gasteiger partial charge is 0.306 e. The molecule has 0 aliphatic heterocycles. The van der Waals surface area contributed by atoms with Crippen molar-refractivity contribution >= 4 is 5.97 Å². The lowest BCUT2D eigenvalue weighted by atomic mass is 10.1. The van der Waals surface area contributed by atoms with Crippen LogP contribution < -0.4 is 4.74 Å². The SMILES string of the molecule is CCCCCCCCCCCC(=O)OC(C)c1ccc(OCc2ccccc2)cc1. The minimum absolute atomic E-state index is 0.102. The van der Waals surface area contributed by atoms with Gasteiger partial charge in [0.2, 0.25) is 0 Å². The highest BCUT2D eigenvalue weighted by Crippen LogP contribution is 2.22. The number of esters is 1. The van der Waals surface area contributed by atoms with Crippen LogP contribution in [0.1, 0.15) is 95.3 Å². The van der Waals surface area contributed by atoms with Crippen LogP contribution >= 0.6 is 0 Å². The number of unbranched alkanes of at least 4 members (excludes halogenated alkanes) is 8. The molecule has 0 heterocycles. The van der Waals surface area contributed by atoms with Crippen LogP contribution in [-0.2, 0) is 16.1 Å². The van der Waals surface area contributed by atoms with Crippen LogP contribution in [0.2, 0.25) is 0 Å². The largest absolute Gasteiger partial charge is 0.489 e. The van der Waals surface area contributed by atoms with E-state index in [9.17, 15) is 4.79 Å². The molecule has 0 aromatic heterocycles. The Morgan fingerprint density at radius 1 is 0.800 bits per heavy atom. The Hall–Kier alpha value is -2.29. The van der Waals surface area contributed by atoms with Crippen molar-refractivity contribution in [3.05, 3.63) is 65.7 Å². The molecule has 0 amide bonds. The monoisotopic (exact) mass is 410 g/mol. The van der Waals surface area contributed by atoms with Gasteiger partial charge in [0, 0.05) is 6.42 Å². The van der Waals surface area contributed by atoms with E-state index < -0.39 is 0 Å². The molecule has 3 nitrogen and oxygen atoms in total. The fraction of sp³-hybridized carbons (Fsp3) is 0.519. The van der Waals surface area contributed by atoms with E-state index in [-0.39, 0.29) is 12.1 Å². The molecule has 0 spiro atoms. The molecule has 0 saturated heterocycles. The van der Waals surface area contributed by atoms with Crippen molar-refractivity contribution in [1.82, 2.24) is 0 Å². The van der Waals surface area contributed by atoms with E-state index in [1.165, 1.54) is 44.9 Å². The van der Waals surface area contributed by atoms with Crippen molar-refractivity contribution in [2.75, 3.05) is 0 Å².